The standard InChI is InChI=1S/C14H14BrFN2O/c1-8-3-4-9(15)12(5-8)18-13-7-14(19-2)11(17)6-10(13)16/h3-7,18H,17H2,1-2H3. The van der Waals surface area contributed by atoms with Crippen LogP contribution >= 0.6 is 15.9 Å². The maximum Gasteiger partial charge on any atom is 0.148 e. The van der Waals surface area contributed by atoms with Gasteiger partial charge in [-0.25, -0.2) is 4.39 Å². The molecule has 19 heavy (non-hydrogen) atoms. The number of methoxy groups -OCH3 is 1. The second-order valence-electron chi connectivity index (χ2n) is 4.18. The molecule has 0 bridgehead atoms. The summed E-state index contributed by atoms with van der Waals surface area (Å²) >= 11 is 3.42. The fourth-order valence-corrected chi connectivity index (χ4v) is 2.07. The third-order valence-electron chi connectivity index (χ3n) is 2.71. The Morgan fingerprint density at radius 2 is 1.95 bits per heavy atom. The lowest BCUT2D eigenvalue weighted by molar-refractivity contribution is 0.416. The first-order chi connectivity index (χ1) is 9.01. The van der Waals surface area contributed by atoms with E-state index in [4.69, 9.17) is 10.5 Å². The molecule has 0 spiro atoms. The molecule has 0 fully saturated rings. The Balaban J connectivity index is 2.40. The van der Waals surface area contributed by atoms with E-state index in [0.29, 0.717) is 11.4 Å². The summed E-state index contributed by atoms with van der Waals surface area (Å²) in [4.78, 5) is 0. The molecule has 0 unspecified atom stereocenters. The molecule has 0 saturated carbocycles. The van der Waals surface area contributed by atoms with Gasteiger partial charge in [-0.1, -0.05) is 6.07 Å². The summed E-state index contributed by atoms with van der Waals surface area (Å²) in [6.07, 6.45) is 0. The topological polar surface area (TPSA) is 47.3 Å². The maximum absolute atomic E-state index is 13.9. The molecule has 2 aromatic carbocycles. The smallest absolute Gasteiger partial charge is 0.148 e. The lowest BCUT2D eigenvalue weighted by atomic mass is 10.2. The number of aryl methyl sites for hydroxylation is 1. The quantitative estimate of drug-likeness (QED) is 0.830. The van der Waals surface area contributed by atoms with Crippen molar-refractivity contribution in [3.8, 4) is 5.75 Å². The van der Waals surface area contributed by atoms with Crippen LogP contribution in [0.1, 0.15) is 5.56 Å². The predicted octanol–water partition coefficient (Wildman–Crippen LogP) is 4.23. The Hall–Kier alpha value is -1.75. The molecule has 0 atom stereocenters. The number of benzene rings is 2. The molecule has 2 rings (SSSR count). The van der Waals surface area contributed by atoms with E-state index in [9.17, 15) is 4.39 Å². The molecule has 3 N–H and O–H groups in total. The molecule has 0 aliphatic carbocycles. The van der Waals surface area contributed by atoms with E-state index in [1.807, 2.05) is 25.1 Å². The van der Waals surface area contributed by atoms with Crippen molar-refractivity contribution in [2.24, 2.45) is 0 Å². The van der Waals surface area contributed by atoms with Crippen molar-refractivity contribution in [2.45, 2.75) is 6.92 Å². The highest BCUT2D eigenvalue weighted by atomic mass is 79.9. The van der Waals surface area contributed by atoms with Gasteiger partial charge in [-0.2, -0.15) is 0 Å². The van der Waals surface area contributed by atoms with Gasteiger partial charge in [-0.3, -0.25) is 0 Å². The van der Waals surface area contributed by atoms with E-state index in [1.54, 1.807) is 6.07 Å². The van der Waals surface area contributed by atoms with Crippen LogP contribution in [0.25, 0.3) is 0 Å². The summed E-state index contributed by atoms with van der Waals surface area (Å²) in [6, 6.07) is 8.58. The second kappa shape index (κ2) is 5.48. The Labute approximate surface area is 119 Å². The SMILES string of the molecule is COc1cc(Nc2cc(C)ccc2Br)c(F)cc1N. The Kier molecular flexibility index (Phi) is 3.95. The van der Waals surface area contributed by atoms with Gasteiger partial charge in [-0.05, 0) is 40.5 Å². The minimum absolute atomic E-state index is 0.272. The number of ether oxygens (including phenoxy) is 1. The van der Waals surface area contributed by atoms with Crippen LogP contribution in [0.3, 0.4) is 0 Å². The molecule has 0 radical (unpaired) electrons. The van der Waals surface area contributed by atoms with Gasteiger partial charge in [0.15, 0.2) is 0 Å². The van der Waals surface area contributed by atoms with E-state index < -0.39 is 5.82 Å². The first-order valence-electron chi connectivity index (χ1n) is 5.67. The fraction of sp³-hybridized carbons (Fsp3) is 0.143. The zero-order chi connectivity index (χ0) is 14.0. The van der Waals surface area contributed by atoms with E-state index in [1.165, 1.54) is 13.2 Å². The van der Waals surface area contributed by atoms with E-state index in [-0.39, 0.29) is 5.69 Å². The van der Waals surface area contributed by atoms with Gasteiger partial charge in [0.05, 0.1) is 24.2 Å². The normalized spacial score (nSPS) is 10.3. The van der Waals surface area contributed by atoms with Crippen LogP contribution in [0.4, 0.5) is 21.5 Å². The molecule has 0 aromatic heterocycles. The van der Waals surface area contributed by atoms with Crippen molar-refractivity contribution in [1.82, 2.24) is 0 Å². The minimum atomic E-state index is -0.424. The molecular formula is C14H14BrFN2O. The number of hydrogen-bond donors (Lipinski definition) is 2. The lowest BCUT2D eigenvalue weighted by Crippen LogP contribution is -1.99. The van der Waals surface area contributed by atoms with Gasteiger partial charge in [-0.15, -0.1) is 0 Å². The summed E-state index contributed by atoms with van der Waals surface area (Å²) in [5.41, 5.74) is 8.10. The van der Waals surface area contributed by atoms with E-state index in [2.05, 4.69) is 21.2 Å². The van der Waals surface area contributed by atoms with Crippen LogP contribution in [-0.2, 0) is 0 Å². The first-order valence-corrected chi connectivity index (χ1v) is 6.46. The number of nitrogens with two attached hydrogens (primary N) is 1. The molecule has 0 heterocycles. The monoisotopic (exact) mass is 324 g/mol. The molecular weight excluding hydrogens is 311 g/mol. The van der Waals surface area contributed by atoms with Crippen molar-refractivity contribution in [2.75, 3.05) is 18.2 Å². The largest absolute Gasteiger partial charge is 0.495 e. The summed E-state index contributed by atoms with van der Waals surface area (Å²) in [5.74, 6) is 0.0133. The van der Waals surface area contributed by atoms with Crippen LogP contribution in [-0.4, -0.2) is 7.11 Å². The summed E-state index contributed by atoms with van der Waals surface area (Å²) in [5, 5.41) is 3.03. The Morgan fingerprint density at radius 3 is 2.63 bits per heavy atom. The average Bonchev–Trinajstić information content (AvgIpc) is 2.37. The molecule has 100 valence electrons. The van der Waals surface area contributed by atoms with Crippen LogP contribution in [0.5, 0.6) is 5.75 Å². The highest BCUT2D eigenvalue weighted by molar-refractivity contribution is 9.10. The number of nitrogen functional groups attached to an aromatic ring is 1. The summed E-state index contributed by atoms with van der Waals surface area (Å²) < 4.78 is 19.8. The van der Waals surface area contributed by atoms with E-state index >= 15 is 0 Å². The Morgan fingerprint density at radius 1 is 1.21 bits per heavy atom. The van der Waals surface area contributed by atoms with E-state index in [0.717, 1.165) is 15.7 Å². The maximum atomic E-state index is 13.9. The second-order valence-corrected chi connectivity index (χ2v) is 5.04. The molecule has 5 heteroatoms. The van der Waals surface area contributed by atoms with Crippen LogP contribution in [0.15, 0.2) is 34.8 Å². The van der Waals surface area contributed by atoms with Gasteiger partial charge in [0.1, 0.15) is 11.6 Å². The van der Waals surface area contributed by atoms with Crippen LogP contribution in [0, 0.1) is 12.7 Å². The fourth-order valence-electron chi connectivity index (χ4n) is 1.72. The van der Waals surface area contributed by atoms with Gasteiger partial charge < -0.3 is 15.8 Å². The molecule has 0 amide bonds. The van der Waals surface area contributed by atoms with Crippen molar-refractivity contribution in [3.05, 3.63) is 46.2 Å². The number of rotatable bonds is 3. The third kappa shape index (κ3) is 2.98. The molecule has 3 nitrogen and oxygen atoms in total. The van der Waals surface area contributed by atoms with Crippen molar-refractivity contribution >= 4 is 33.0 Å². The molecule has 0 saturated heterocycles. The summed E-state index contributed by atoms with van der Waals surface area (Å²) in [7, 11) is 1.50. The highest BCUT2D eigenvalue weighted by Crippen LogP contribution is 2.32. The van der Waals surface area contributed by atoms with Gasteiger partial charge in [0.2, 0.25) is 0 Å². The summed E-state index contributed by atoms with van der Waals surface area (Å²) in [6.45, 7) is 1.97. The number of nitrogens with one attached hydrogen (secondary N) is 1. The van der Waals surface area contributed by atoms with Crippen LogP contribution < -0.4 is 15.8 Å². The average molecular weight is 325 g/mol. The lowest BCUT2D eigenvalue weighted by Gasteiger charge is -2.13. The van der Waals surface area contributed by atoms with Crippen LogP contribution in [0.2, 0.25) is 0 Å². The number of halogens is 2. The first kappa shape index (κ1) is 13.7. The van der Waals surface area contributed by atoms with Gasteiger partial charge in [0, 0.05) is 16.6 Å². The zero-order valence-corrected chi connectivity index (χ0v) is 12.2. The van der Waals surface area contributed by atoms with Gasteiger partial charge in [0.25, 0.3) is 0 Å². The van der Waals surface area contributed by atoms with Gasteiger partial charge >= 0.3 is 0 Å². The number of anilines is 3. The zero-order valence-electron chi connectivity index (χ0n) is 10.6. The van der Waals surface area contributed by atoms with Crippen molar-refractivity contribution < 1.29 is 9.13 Å². The third-order valence-corrected chi connectivity index (χ3v) is 3.40. The number of hydrogen-bond acceptors (Lipinski definition) is 3. The minimum Gasteiger partial charge on any atom is -0.495 e. The van der Waals surface area contributed by atoms with Crippen molar-refractivity contribution in [3.63, 3.8) is 0 Å². The highest BCUT2D eigenvalue weighted by Gasteiger charge is 2.10. The molecule has 0 aliphatic rings. The predicted molar refractivity (Wildman–Crippen MR) is 79.5 cm³/mol. The molecule has 2 aromatic rings. The van der Waals surface area contributed by atoms with Crippen molar-refractivity contribution in [1.29, 1.82) is 0 Å². The molecule has 0 aliphatic heterocycles. The Bertz CT molecular complexity index is 617.